The van der Waals surface area contributed by atoms with E-state index in [9.17, 15) is 0 Å². The minimum absolute atomic E-state index is 0.428. The van der Waals surface area contributed by atoms with E-state index in [2.05, 4.69) is 90.0 Å². The number of rotatable bonds is 3. The van der Waals surface area contributed by atoms with Gasteiger partial charge in [0.15, 0.2) is 0 Å². The third-order valence-electron chi connectivity index (χ3n) is 7.17. The van der Waals surface area contributed by atoms with Gasteiger partial charge in [-0.15, -0.1) is 39.1 Å². The second kappa shape index (κ2) is 8.22. The molecule has 0 radical (unpaired) electrons. The molecule has 6 rings (SSSR count). The molecule has 0 fully saturated rings. The molecule has 0 atom stereocenters. The second-order valence-electron chi connectivity index (χ2n) is 9.90. The zero-order valence-corrected chi connectivity index (χ0v) is 23.6. The molecule has 0 saturated carbocycles. The molecule has 176 valence electrons. The lowest BCUT2D eigenvalue weighted by molar-refractivity contribution is 0.877. The molecule has 4 heterocycles. The topological polar surface area (TPSA) is 25.8 Å². The van der Waals surface area contributed by atoms with E-state index in [0.29, 0.717) is 5.92 Å². The number of thiophene rings is 3. The van der Waals surface area contributed by atoms with Crippen LogP contribution in [0.5, 0.6) is 0 Å². The normalized spacial score (nSPS) is 12.1. The second-order valence-corrected chi connectivity index (χ2v) is 13.5. The lowest BCUT2D eigenvalue weighted by Gasteiger charge is -2.12. The molecule has 0 amide bonds. The van der Waals surface area contributed by atoms with Crippen molar-refractivity contribution in [1.29, 1.82) is 0 Å². The van der Waals surface area contributed by atoms with Crippen LogP contribution in [0.1, 0.15) is 52.6 Å². The number of aromatic nitrogens is 2. The quantitative estimate of drug-likeness (QED) is 0.236. The highest BCUT2D eigenvalue weighted by molar-refractivity contribution is 7.41. The first-order valence-corrected chi connectivity index (χ1v) is 14.5. The van der Waals surface area contributed by atoms with E-state index < -0.39 is 0 Å². The molecular formula is C30H28N2S3. The van der Waals surface area contributed by atoms with E-state index in [0.717, 1.165) is 11.4 Å². The minimum Gasteiger partial charge on any atom is -0.155 e. The van der Waals surface area contributed by atoms with Crippen molar-refractivity contribution in [2.45, 2.75) is 54.4 Å². The van der Waals surface area contributed by atoms with Gasteiger partial charge in [-0.1, -0.05) is 43.7 Å². The molecule has 0 N–H and O–H groups in total. The number of nitrogens with zero attached hydrogens (tertiary/aromatic N) is 2. The van der Waals surface area contributed by atoms with Crippen LogP contribution in [0.3, 0.4) is 0 Å². The first-order chi connectivity index (χ1) is 16.7. The molecule has 4 aromatic heterocycles. The lowest BCUT2D eigenvalue weighted by Crippen LogP contribution is -1.95. The summed E-state index contributed by atoms with van der Waals surface area (Å²) < 4.78 is 4.03. The van der Waals surface area contributed by atoms with Gasteiger partial charge in [-0.3, -0.25) is 0 Å². The maximum Gasteiger partial charge on any atom is 0.111 e. The number of benzene rings is 2. The molecule has 35 heavy (non-hydrogen) atoms. The standard InChI is InChI=1S/C30H28N2S3/c1-14(2)22-12-21(13-23-26(22)25-16(4)19(7)33-30(25)34-23)27-29-24(18(6)31-32-27)17(5)28(35-29)20-10-8-15(3)9-11-20/h8-14H,1-7H3. The van der Waals surface area contributed by atoms with E-state index >= 15 is 0 Å². The van der Waals surface area contributed by atoms with Crippen LogP contribution in [-0.4, -0.2) is 10.2 Å². The van der Waals surface area contributed by atoms with Crippen LogP contribution >= 0.6 is 34.0 Å². The van der Waals surface area contributed by atoms with Gasteiger partial charge in [0.1, 0.15) is 5.69 Å². The molecule has 2 aromatic carbocycles. The van der Waals surface area contributed by atoms with Gasteiger partial charge < -0.3 is 0 Å². The number of hydrogen-bond donors (Lipinski definition) is 0. The van der Waals surface area contributed by atoms with E-state index in [1.807, 2.05) is 34.0 Å². The minimum atomic E-state index is 0.428. The zero-order valence-electron chi connectivity index (χ0n) is 21.2. The van der Waals surface area contributed by atoms with E-state index in [-0.39, 0.29) is 0 Å². The fraction of sp³-hybridized carbons (Fsp3) is 0.267. The molecule has 0 bridgehead atoms. The zero-order chi connectivity index (χ0) is 24.6. The average molecular weight is 513 g/mol. The summed E-state index contributed by atoms with van der Waals surface area (Å²) in [5, 5.41) is 13.6. The first kappa shape index (κ1) is 22.8. The molecule has 0 aliphatic carbocycles. The Bertz CT molecular complexity index is 1760. The molecule has 0 aliphatic rings. The van der Waals surface area contributed by atoms with E-state index in [4.69, 9.17) is 5.10 Å². The van der Waals surface area contributed by atoms with Crippen LogP contribution in [0, 0.1) is 34.6 Å². The fourth-order valence-corrected chi connectivity index (χ4v) is 9.28. The summed E-state index contributed by atoms with van der Waals surface area (Å²) in [6.45, 7) is 15.6. The van der Waals surface area contributed by atoms with Crippen LogP contribution in [0.25, 0.3) is 51.3 Å². The highest BCUT2D eigenvalue weighted by Gasteiger charge is 2.22. The Morgan fingerprint density at radius 3 is 2.17 bits per heavy atom. The SMILES string of the molecule is Cc1ccc(-c2sc3c(-c4cc(C(C)C)c5c(c4)sc4sc(C)c(C)c45)nnc(C)c3c2C)cc1. The Hall–Kier alpha value is -2.60. The predicted molar refractivity (Wildman–Crippen MR) is 157 cm³/mol. The van der Waals surface area contributed by atoms with Crippen molar-refractivity contribution in [1.82, 2.24) is 10.2 Å². The Balaban J connectivity index is 1.64. The largest absolute Gasteiger partial charge is 0.155 e. The summed E-state index contributed by atoms with van der Waals surface area (Å²) in [7, 11) is 0. The molecule has 0 saturated heterocycles. The van der Waals surface area contributed by atoms with Gasteiger partial charge in [0, 0.05) is 36.2 Å². The number of hydrogen-bond acceptors (Lipinski definition) is 5. The van der Waals surface area contributed by atoms with Crippen LogP contribution in [0.15, 0.2) is 36.4 Å². The van der Waals surface area contributed by atoms with Crippen LogP contribution in [0.2, 0.25) is 0 Å². The van der Waals surface area contributed by atoms with Crippen molar-refractivity contribution >= 4 is 63.6 Å². The summed E-state index contributed by atoms with van der Waals surface area (Å²) in [4.78, 5) is 2.74. The number of fused-ring (bicyclic) bond motifs is 4. The molecule has 0 unspecified atom stereocenters. The van der Waals surface area contributed by atoms with Crippen molar-refractivity contribution in [2.75, 3.05) is 0 Å². The highest BCUT2D eigenvalue weighted by atomic mass is 32.2. The van der Waals surface area contributed by atoms with Gasteiger partial charge in [-0.25, -0.2) is 0 Å². The summed E-state index contributed by atoms with van der Waals surface area (Å²) >= 11 is 5.71. The third-order valence-corrected chi connectivity index (χ3v) is 11.0. The smallest absolute Gasteiger partial charge is 0.111 e. The molecule has 6 aromatic rings. The maximum absolute atomic E-state index is 4.79. The maximum atomic E-state index is 4.79. The van der Waals surface area contributed by atoms with E-state index in [1.165, 1.54) is 72.7 Å². The first-order valence-electron chi connectivity index (χ1n) is 12.0. The highest BCUT2D eigenvalue weighted by Crippen LogP contribution is 2.48. The Morgan fingerprint density at radius 1 is 0.714 bits per heavy atom. The lowest BCUT2D eigenvalue weighted by atomic mass is 9.93. The Morgan fingerprint density at radius 2 is 1.46 bits per heavy atom. The molecule has 2 nitrogen and oxygen atoms in total. The summed E-state index contributed by atoms with van der Waals surface area (Å²) in [5.41, 5.74) is 9.88. The summed E-state index contributed by atoms with van der Waals surface area (Å²) in [5.74, 6) is 0.428. The monoisotopic (exact) mass is 512 g/mol. The van der Waals surface area contributed by atoms with Crippen molar-refractivity contribution in [3.8, 4) is 21.7 Å². The average Bonchev–Trinajstić information content (AvgIpc) is 3.44. The summed E-state index contributed by atoms with van der Waals surface area (Å²) in [6.07, 6.45) is 0. The van der Waals surface area contributed by atoms with Gasteiger partial charge in [0.2, 0.25) is 0 Å². The van der Waals surface area contributed by atoms with Crippen molar-refractivity contribution in [2.24, 2.45) is 0 Å². The van der Waals surface area contributed by atoms with Gasteiger partial charge in [-0.05, 0) is 74.9 Å². The van der Waals surface area contributed by atoms with Crippen LogP contribution < -0.4 is 0 Å². The number of aryl methyl sites for hydroxylation is 5. The van der Waals surface area contributed by atoms with Gasteiger partial charge in [-0.2, -0.15) is 5.10 Å². The Kier molecular flexibility index (Phi) is 5.37. The fourth-order valence-electron chi connectivity index (χ4n) is 5.14. The van der Waals surface area contributed by atoms with Crippen LogP contribution in [-0.2, 0) is 0 Å². The third kappa shape index (κ3) is 3.47. The van der Waals surface area contributed by atoms with Gasteiger partial charge in [0.05, 0.1) is 14.4 Å². The summed E-state index contributed by atoms with van der Waals surface area (Å²) in [6, 6.07) is 13.6. The molecule has 5 heteroatoms. The van der Waals surface area contributed by atoms with Crippen molar-refractivity contribution < 1.29 is 0 Å². The van der Waals surface area contributed by atoms with Gasteiger partial charge in [0.25, 0.3) is 0 Å². The van der Waals surface area contributed by atoms with E-state index in [1.54, 1.807) is 0 Å². The molecule has 0 aliphatic heterocycles. The molecular weight excluding hydrogens is 485 g/mol. The van der Waals surface area contributed by atoms with Gasteiger partial charge >= 0.3 is 0 Å². The Labute approximate surface area is 218 Å². The predicted octanol–water partition coefficient (Wildman–Crippen LogP) is 10.1. The molecule has 0 spiro atoms. The van der Waals surface area contributed by atoms with Crippen LogP contribution in [0.4, 0.5) is 0 Å². The van der Waals surface area contributed by atoms with Crippen molar-refractivity contribution in [3.05, 3.63) is 69.2 Å². The van der Waals surface area contributed by atoms with Crippen molar-refractivity contribution in [3.63, 3.8) is 0 Å².